The summed E-state index contributed by atoms with van der Waals surface area (Å²) in [5.41, 5.74) is 1.43. The minimum absolute atomic E-state index is 0.127. The number of benzene rings is 2. The number of rotatable bonds is 6. The Kier molecular flexibility index (Phi) is 6.25. The van der Waals surface area contributed by atoms with Gasteiger partial charge in [0.1, 0.15) is 23.2 Å². The molecule has 3 rings (SSSR count). The molecular weight excluding hydrogens is 343 g/mol. The van der Waals surface area contributed by atoms with Crippen LogP contribution in [0.5, 0.6) is 5.75 Å². The Morgan fingerprint density at radius 1 is 0.963 bits per heavy atom. The van der Waals surface area contributed by atoms with E-state index in [1.54, 1.807) is 18.2 Å². The molecule has 138 valence electrons. The van der Waals surface area contributed by atoms with E-state index in [1.807, 2.05) is 24.3 Å². The van der Waals surface area contributed by atoms with Crippen molar-refractivity contribution in [1.82, 2.24) is 4.90 Å². The molecule has 0 bridgehead atoms. The van der Waals surface area contributed by atoms with E-state index >= 15 is 0 Å². The summed E-state index contributed by atoms with van der Waals surface area (Å²) in [5.74, 6) is 0.311. The van der Waals surface area contributed by atoms with Gasteiger partial charge in [-0.3, -0.25) is 4.90 Å². The summed E-state index contributed by atoms with van der Waals surface area (Å²) in [7, 11) is 0. The van der Waals surface area contributed by atoms with E-state index in [2.05, 4.69) is 15.9 Å². The number of halogens is 1. The average Bonchev–Trinajstić information content (AvgIpc) is 2.72. The van der Waals surface area contributed by atoms with E-state index in [1.165, 1.54) is 6.07 Å². The summed E-state index contributed by atoms with van der Waals surface area (Å²) in [6, 6.07) is 16.0. The van der Waals surface area contributed by atoms with Gasteiger partial charge >= 0.3 is 0 Å². The molecule has 0 N–H and O–H groups in total. The normalized spacial score (nSPS) is 14.4. The first-order valence-electron chi connectivity index (χ1n) is 9.00. The van der Waals surface area contributed by atoms with E-state index in [-0.39, 0.29) is 5.56 Å². The van der Waals surface area contributed by atoms with Gasteiger partial charge in [-0.05, 0) is 42.8 Å². The molecule has 5 nitrogen and oxygen atoms in total. The molecule has 1 aliphatic heterocycles. The van der Waals surface area contributed by atoms with Crippen molar-refractivity contribution < 1.29 is 9.13 Å². The fourth-order valence-corrected chi connectivity index (χ4v) is 3.20. The minimum atomic E-state index is -0.461. The molecule has 0 aliphatic carbocycles. The Labute approximate surface area is 158 Å². The van der Waals surface area contributed by atoms with Crippen LogP contribution in [0.4, 0.5) is 10.1 Å². The van der Waals surface area contributed by atoms with E-state index < -0.39 is 5.82 Å². The number of hydrogen-bond acceptors (Lipinski definition) is 5. The van der Waals surface area contributed by atoms with Crippen LogP contribution in [0.15, 0.2) is 42.5 Å². The molecule has 0 aromatic heterocycles. The number of hydrogen-bond donors (Lipinski definition) is 0. The van der Waals surface area contributed by atoms with Crippen molar-refractivity contribution in [1.29, 1.82) is 10.5 Å². The van der Waals surface area contributed by atoms with Gasteiger partial charge in [0.05, 0.1) is 23.9 Å². The third kappa shape index (κ3) is 4.75. The van der Waals surface area contributed by atoms with Gasteiger partial charge in [-0.1, -0.05) is 6.07 Å². The molecule has 0 radical (unpaired) electrons. The third-order valence-corrected chi connectivity index (χ3v) is 4.69. The molecular formula is C21H21FN4O. The second-order valence-corrected chi connectivity index (χ2v) is 6.41. The topological polar surface area (TPSA) is 63.3 Å². The first kappa shape index (κ1) is 18.7. The highest BCUT2D eigenvalue weighted by atomic mass is 19.1. The molecule has 0 atom stereocenters. The Balaban J connectivity index is 1.42. The molecule has 6 heteroatoms. The van der Waals surface area contributed by atoms with Gasteiger partial charge in [-0.25, -0.2) is 4.39 Å². The van der Waals surface area contributed by atoms with Gasteiger partial charge in [-0.2, -0.15) is 10.5 Å². The highest BCUT2D eigenvalue weighted by Gasteiger charge is 2.20. The fourth-order valence-electron chi connectivity index (χ4n) is 3.20. The Bertz CT molecular complexity index is 846. The lowest BCUT2D eigenvalue weighted by atomic mass is 10.1. The molecule has 1 saturated heterocycles. The van der Waals surface area contributed by atoms with Crippen LogP contribution >= 0.6 is 0 Å². The molecule has 0 amide bonds. The molecule has 0 unspecified atom stereocenters. The van der Waals surface area contributed by atoms with E-state index in [9.17, 15) is 9.65 Å². The van der Waals surface area contributed by atoms with Gasteiger partial charge < -0.3 is 9.64 Å². The zero-order chi connectivity index (χ0) is 19.1. The SMILES string of the molecule is N#Cc1ccc(OCCCN2CCN(c3cccc(F)c3C#N)CC2)cc1. The van der Waals surface area contributed by atoms with Gasteiger partial charge in [0.2, 0.25) is 0 Å². The Morgan fingerprint density at radius 3 is 2.37 bits per heavy atom. The largest absolute Gasteiger partial charge is 0.494 e. The smallest absolute Gasteiger partial charge is 0.143 e. The van der Waals surface area contributed by atoms with Crippen LogP contribution in [0.2, 0.25) is 0 Å². The van der Waals surface area contributed by atoms with Crippen molar-refractivity contribution in [3.63, 3.8) is 0 Å². The summed E-state index contributed by atoms with van der Waals surface area (Å²) in [6.07, 6.45) is 0.906. The lowest BCUT2D eigenvalue weighted by molar-refractivity contribution is 0.224. The minimum Gasteiger partial charge on any atom is -0.494 e. The summed E-state index contributed by atoms with van der Waals surface area (Å²) >= 11 is 0. The van der Waals surface area contributed by atoms with Crippen LogP contribution in [-0.4, -0.2) is 44.2 Å². The van der Waals surface area contributed by atoms with Crippen molar-refractivity contribution in [2.45, 2.75) is 6.42 Å². The molecule has 0 spiro atoms. The van der Waals surface area contributed by atoms with E-state index in [0.29, 0.717) is 17.9 Å². The summed E-state index contributed by atoms with van der Waals surface area (Å²) < 4.78 is 19.5. The van der Waals surface area contributed by atoms with Crippen LogP contribution in [-0.2, 0) is 0 Å². The van der Waals surface area contributed by atoms with Crippen LogP contribution in [0.25, 0.3) is 0 Å². The maximum atomic E-state index is 13.8. The van der Waals surface area contributed by atoms with Crippen molar-refractivity contribution in [3.8, 4) is 17.9 Å². The zero-order valence-corrected chi connectivity index (χ0v) is 15.1. The van der Waals surface area contributed by atoms with Gasteiger partial charge in [0.15, 0.2) is 0 Å². The van der Waals surface area contributed by atoms with E-state index in [0.717, 1.165) is 44.9 Å². The van der Waals surface area contributed by atoms with Crippen LogP contribution in [0.1, 0.15) is 17.5 Å². The first-order chi connectivity index (χ1) is 13.2. The third-order valence-electron chi connectivity index (χ3n) is 4.69. The van der Waals surface area contributed by atoms with Crippen molar-refractivity contribution in [2.24, 2.45) is 0 Å². The second kappa shape index (κ2) is 9.02. The summed E-state index contributed by atoms with van der Waals surface area (Å²) in [6.45, 7) is 4.84. The first-order valence-corrected chi connectivity index (χ1v) is 9.00. The molecule has 1 heterocycles. The Hall–Kier alpha value is -3.09. The molecule has 27 heavy (non-hydrogen) atoms. The van der Waals surface area contributed by atoms with Gasteiger partial charge in [0, 0.05) is 32.7 Å². The maximum absolute atomic E-state index is 13.8. The highest BCUT2D eigenvalue weighted by molar-refractivity contribution is 5.60. The molecule has 2 aromatic rings. The molecule has 2 aromatic carbocycles. The van der Waals surface area contributed by atoms with Crippen LogP contribution in [0, 0.1) is 28.5 Å². The van der Waals surface area contributed by atoms with Gasteiger partial charge in [0.25, 0.3) is 0 Å². The van der Waals surface area contributed by atoms with Crippen LogP contribution < -0.4 is 9.64 Å². The van der Waals surface area contributed by atoms with E-state index in [4.69, 9.17) is 10.00 Å². The molecule has 1 fully saturated rings. The molecule has 1 aliphatic rings. The standard InChI is InChI=1S/C21H21FN4O/c22-20-3-1-4-21(19(20)16-24)26-12-10-25(11-13-26)9-2-14-27-18-7-5-17(15-23)6-8-18/h1,3-8H,2,9-14H2. The van der Waals surface area contributed by atoms with Crippen molar-refractivity contribution >= 4 is 5.69 Å². The fraction of sp³-hybridized carbons (Fsp3) is 0.333. The quantitative estimate of drug-likeness (QED) is 0.737. The lowest BCUT2D eigenvalue weighted by Gasteiger charge is -2.36. The monoisotopic (exact) mass is 364 g/mol. The summed E-state index contributed by atoms with van der Waals surface area (Å²) in [5, 5.41) is 18.0. The number of nitriles is 2. The highest BCUT2D eigenvalue weighted by Crippen LogP contribution is 2.23. The number of ether oxygens (including phenoxy) is 1. The van der Waals surface area contributed by atoms with Crippen LogP contribution in [0.3, 0.4) is 0 Å². The maximum Gasteiger partial charge on any atom is 0.143 e. The Morgan fingerprint density at radius 2 is 1.70 bits per heavy atom. The number of anilines is 1. The number of nitrogens with zero attached hydrogens (tertiary/aromatic N) is 4. The lowest BCUT2D eigenvalue weighted by Crippen LogP contribution is -2.47. The molecule has 0 saturated carbocycles. The average molecular weight is 364 g/mol. The zero-order valence-electron chi connectivity index (χ0n) is 15.1. The van der Waals surface area contributed by atoms with Crippen molar-refractivity contribution in [2.75, 3.05) is 44.2 Å². The van der Waals surface area contributed by atoms with Gasteiger partial charge in [-0.15, -0.1) is 0 Å². The van der Waals surface area contributed by atoms with Crippen molar-refractivity contribution in [3.05, 3.63) is 59.4 Å². The second-order valence-electron chi connectivity index (χ2n) is 6.41. The predicted octanol–water partition coefficient (Wildman–Crippen LogP) is 3.16. The summed E-state index contributed by atoms with van der Waals surface area (Å²) in [4.78, 5) is 4.43. The predicted molar refractivity (Wildman–Crippen MR) is 101 cm³/mol. The number of piperazine rings is 1.